The second kappa shape index (κ2) is 3.43. The van der Waals surface area contributed by atoms with Crippen LogP contribution in [0, 0.1) is 0 Å². The van der Waals surface area contributed by atoms with Crippen molar-refractivity contribution in [1.29, 1.82) is 0 Å². The number of aromatic amines is 1. The second-order valence-electron chi connectivity index (χ2n) is 4.09. The predicted molar refractivity (Wildman–Crippen MR) is 62.9 cm³/mol. The maximum Gasteiger partial charge on any atom is 0.264 e. The van der Waals surface area contributed by atoms with Gasteiger partial charge in [-0.15, -0.1) is 0 Å². The Labute approximate surface area is 101 Å². The molecule has 0 unspecified atom stereocenters. The van der Waals surface area contributed by atoms with E-state index < -0.39 is 24.3 Å². The van der Waals surface area contributed by atoms with Crippen LogP contribution in [0.3, 0.4) is 0 Å². The van der Waals surface area contributed by atoms with Gasteiger partial charge >= 0.3 is 0 Å². The summed E-state index contributed by atoms with van der Waals surface area (Å²) in [5.41, 5.74) is 6.25. The number of primary amides is 1. The summed E-state index contributed by atoms with van der Waals surface area (Å²) in [5.74, 6) is -1.68. The molecule has 0 spiro atoms. The summed E-state index contributed by atoms with van der Waals surface area (Å²) in [6.45, 7) is -0.394. The van der Waals surface area contributed by atoms with E-state index in [1.54, 1.807) is 18.3 Å². The summed E-state index contributed by atoms with van der Waals surface area (Å²) in [5, 5.41) is 0.843. The lowest BCUT2D eigenvalue weighted by Gasteiger charge is -2.10. The number of fused-ring (bicyclic) bond motifs is 3. The lowest BCUT2D eigenvalue weighted by atomic mass is 10.1. The van der Waals surface area contributed by atoms with Crippen LogP contribution in [-0.2, 0) is 4.79 Å². The highest BCUT2D eigenvalue weighted by molar-refractivity contribution is 6.26. The van der Waals surface area contributed by atoms with Gasteiger partial charge in [0.25, 0.3) is 11.8 Å². The molecule has 1 aliphatic rings. The molecule has 1 aromatic heterocycles. The van der Waals surface area contributed by atoms with E-state index in [0.29, 0.717) is 16.6 Å². The van der Waals surface area contributed by atoms with Crippen molar-refractivity contribution in [3.05, 3.63) is 35.5 Å². The summed E-state index contributed by atoms with van der Waals surface area (Å²) in [7, 11) is 0. The molecule has 0 radical (unpaired) electrons. The lowest BCUT2D eigenvalue weighted by Crippen LogP contribution is -2.37. The smallest absolute Gasteiger partial charge is 0.264 e. The van der Waals surface area contributed by atoms with Crippen molar-refractivity contribution in [3.8, 4) is 0 Å². The van der Waals surface area contributed by atoms with Gasteiger partial charge in [-0.1, -0.05) is 6.07 Å². The Morgan fingerprint density at radius 3 is 2.72 bits per heavy atom. The van der Waals surface area contributed by atoms with E-state index in [4.69, 9.17) is 5.73 Å². The zero-order valence-electron chi connectivity index (χ0n) is 9.27. The highest BCUT2D eigenvalue weighted by Gasteiger charge is 2.37. The highest BCUT2D eigenvalue weighted by Crippen LogP contribution is 2.29. The van der Waals surface area contributed by atoms with Crippen LogP contribution in [0.25, 0.3) is 10.9 Å². The topological polar surface area (TPSA) is 96.3 Å². The Bertz CT molecular complexity index is 702. The largest absolute Gasteiger partial charge is 0.368 e. The quantitative estimate of drug-likeness (QED) is 0.740. The minimum atomic E-state index is -0.716. The Kier molecular flexibility index (Phi) is 2.00. The van der Waals surface area contributed by atoms with Crippen molar-refractivity contribution in [1.82, 2.24) is 9.88 Å². The normalized spacial score (nSPS) is 14.3. The molecule has 6 nitrogen and oxygen atoms in total. The second-order valence-corrected chi connectivity index (χ2v) is 4.09. The molecule has 0 saturated heterocycles. The number of imide groups is 1. The van der Waals surface area contributed by atoms with Gasteiger partial charge in [0.15, 0.2) is 0 Å². The van der Waals surface area contributed by atoms with Crippen LogP contribution in [0.5, 0.6) is 0 Å². The zero-order chi connectivity index (χ0) is 12.9. The minimum absolute atomic E-state index is 0.302. The van der Waals surface area contributed by atoms with E-state index in [1.165, 1.54) is 0 Å². The number of nitrogens with zero attached hydrogens (tertiary/aromatic N) is 1. The molecule has 2 aromatic rings. The molecule has 1 aliphatic heterocycles. The number of H-pyrrole nitrogens is 1. The number of amides is 3. The number of aromatic nitrogens is 1. The van der Waals surface area contributed by atoms with Gasteiger partial charge in [0.05, 0.1) is 16.6 Å². The Morgan fingerprint density at radius 2 is 2.00 bits per heavy atom. The molecule has 18 heavy (non-hydrogen) atoms. The van der Waals surface area contributed by atoms with E-state index in [9.17, 15) is 14.4 Å². The minimum Gasteiger partial charge on any atom is -0.368 e. The predicted octanol–water partition coefficient (Wildman–Crippen LogP) is 0.249. The third kappa shape index (κ3) is 1.26. The fraction of sp³-hybridized carbons (Fsp3) is 0.0833. The van der Waals surface area contributed by atoms with Crippen molar-refractivity contribution in [3.63, 3.8) is 0 Å². The van der Waals surface area contributed by atoms with E-state index in [2.05, 4.69) is 4.98 Å². The van der Waals surface area contributed by atoms with Gasteiger partial charge in [-0.2, -0.15) is 0 Å². The molecular weight excluding hydrogens is 234 g/mol. The van der Waals surface area contributed by atoms with Crippen molar-refractivity contribution < 1.29 is 14.4 Å². The lowest BCUT2D eigenvalue weighted by molar-refractivity contribution is -0.118. The Morgan fingerprint density at radius 1 is 1.22 bits per heavy atom. The first-order valence-electron chi connectivity index (χ1n) is 5.34. The molecule has 90 valence electrons. The van der Waals surface area contributed by atoms with Gasteiger partial charge in [-0.05, 0) is 12.1 Å². The van der Waals surface area contributed by atoms with Crippen molar-refractivity contribution in [2.45, 2.75) is 0 Å². The standard InChI is InChI=1S/C12H9N3O3/c13-8(16)5-15-11(17)7-2-1-6-3-4-14-10(6)9(7)12(15)18/h1-4,14H,5H2,(H2,13,16). The number of rotatable bonds is 2. The monoisotopic (exact) mass is 243 g/mol. The Balaban J connectivity index is 2.20. The fourth-order valence-corrected chi connectivity index (χ4v) is 2.20. The number of nitrogens with two attached hydrogens (primary N) is 1. The van der Waals surface area contributed by atoms with E-state index in [-0.39, 0.29) is 0 Å². The van der Waals surface area contributed by atoms with Gasteiger partial charge in [0.1, 0.15) is 6.54 Å². The first-order chi connectivity index (χ1) is 8.59. The molecular formula is C12H9N3O3. The van der Waals surface area contributed by atoms with Gasteiger partial charge in [0.2, 0.25) is 5.91 Å². The first kappa shape index (κ1) is 10.5. The number of carbonyl (C=O) groups excluding carboxylic acids is 3. The van der Waals surface area contributed by atoms with Crippen LogP contribution in [0.2, 0.25) is 0 Å². The molecule has 0 saturated carbocycles. The summed E-state index contributed by atoms with van der Waals surface area (Å²) in [4.78, 5) is 38.8. The molecule has 2 heterocycles. The zero-order valence-corrected chi connectivity index (χ0v) is 9.27. The van der Waals surface area contributed by atoms with Crippen molar-refractivity contribution in [2.75, 3.05) is 6.54 Å². The third-order valence-corrected chi connectivity index (χ3v) is 2.98. The molecule has 3 N–H and O–H groups in total. The van der Waals surface area contributed by atoms with Crippen LogP contribution in [0.15, 0.2) is 24.4 Å². The number of hydrogen-bond donors (Lipinski definition) is 2. The molecule has 0 atom stereocenters. The maximum atomic E-state index is 12.1. The van der Waals surface area contributed by atoms with E-state index in [0.717, 1.165) is 10.3 Å². The molecule has 3 rings (SSSR count). The molecule has 6 heteroatoms. The van der Waals surface area contributed by atoms with E-state index in [1.807, 2.05) is 6.07 Å². The van der Waals surface area contributed by atoms with Crippen LogP contribution in [0.1, 0.15) is 20.7 Å². The summed E-state index contributed by atoms with van der Waals surface area (Å²) < 4.78 is 0. The van der Waals surface area contributed by atoms with Crippen LogP contribution in [0.4, 0.5) is 0 Å². The number of hydrogen-bond acceptors (Lipinski definition) is 3. The molecule has 1 aromatic carbocycles. The van der Waals surface area contributed by atoms with Gasteiger partial charge in [0, 0.05) is 11.6 Å². The SMILES string of the molecule is NC(=O)CN1C(=O)c2ccc3cc[nH]c3c2C1=O. The van der Waals surface area contributed by atoms with Gasteiger partial charge in [-0.3, -0.25) is 19.3 Å². The molecule has 0 bridgehead atoms. The average molecular weight is 243 g/mol. The van der Waals surface area contributed by atoms with Crippen molar-refractivity contribution in [2.24, 2.45) is 5.73 Å². The third-order valence-electron chi connectivity index (χ3n) is 2.98. The van der Waals surface area contributed by atoms with E-state index >= 15 is 0 Å². The number of benzene rings is 1. The molecule has 0 fully saturated rings. The van der Waals surface area contributed by atoms with Crippen LogP contribution in [-0.4, -0.2) is 34.2 Å². The Hall–Kier alpha value is -2.63. The summed E-state index contributed by atoms with van der Waals surface area (Å²) >= 11 is 0. The summed E-state index contributed by atoms with van der Waals surface area (Å²) in [6, 6.07) is 5.15. The number of nitrogens with one attached hydrogen (secondary N) is 1. The average Bonchev–Trinajstić information content (AvgIpc) is 2.87. The van der Waals surface area contributed by atoms with Crippen LogP contribution < -0.4 is 5.73 Å². The summed E-state index contributed by atoms with van der Waals surface area (Å²) in [6.07, 6.45) is 1.69. The molecule has 0 aliphatic carbocycles. The maximum absolute atomic E-state index is 12.1. The van der Waals surface area contributed by atoms with Crippen LogP contribution >= 0.6 is 0 Å². The van der Waals surface area contributed by atoms with Crippen molar-refractivity contribution >= 4 is 28.6 Å². The fourth-order valence-electron chi connectivity index (χ4n) is 2.20. The molecule has 3 amide bonds. The first-order valence-corrected chi connectivity index (χ1v) is 5.34. The number of carbonyl (C=O) groups is 3. The highest BCUT2D eigenvalue weighted by atomic mass is 16.2. The van der Waals surface area contributed by atoms with Gasteiger partial charge in [-0.25, -0.2) is 0 Å². The van der Waals surface area contributed by atoms with Gasteiger partial charge < -0.3 is 10.7 Å².